The third-order valence-electron chi connectivity index (χ3n) is 5.27. The first-order chi connectivity index (χ1) is 16.1. The fourth-order valence-corrected chi connectivity index (χ4v) is 3.51. The number of benzene rings is 3. The largest absolute Gasteiger partial charge is 0.481 e. The van der Waals surface area contributed by atoms with Gasteiger partial charge in [0.1, 0.15) is 5.75 Å². The van der Waals surface area contributed by atoms with Crippen LogP contribution in [0.5, 0.6) is 5.75 Å². The topological polar surface area (TPSA) is 80.3 Å². The van der Waals surface area contributed by atoms with Gasteiger partial charge in [0.05, 0.1) is 11.3 Å². The number of hydrogen-bond acceptors (Lipinski definition) is 4. The fraction of sp³-hybridized carbons (Fsp3) is 0.148. The van der Waals surface area contributed by atoms with Gasteiger partial charge in [-0.25, -0.2) is 0 Å². The molecule has 166 valence electrons. The monoisotopic (exact) mass is 439 g/mol. The van der Waals surface area contributed by atoms with E-state index in [1.807, 2.05) is 61.5 Å². The summed E-state index contributed by atoms with van der Waals surface area (Å²) in [5.74, 6) is 0.0367. The highest BCUT2D eigenvalue weighted by atomic mass is 16.5. The predicted molar refractivity (Wildman–Crippen MR) is 129 cm³/mol. The molecule has 1 atom stereocenters. The van der Waals surface area contributed by atoms with Crippen molar-refractivity contribution in [3.8, 4) is 5.75 Å². The lowest BCUT2D eigenvalue weighted by molar-refractivity contribution is -0.122. The lowest BCUT2D eigenvalue weighted by Gasteiger charge is -2.19. The molecule has 1 aromatic heterocycles. The van der Waals surface area contributed by atoms with Crippen LogP contribution >= 0.6 is 0 Å². The van der Waals surface area contributed by atoms with Gasteiger partial charge in [-0.05, 0) is 53.1 Å². The first-order valence-corrected chi connectivity index (χ1v) is 10.9. The Labute approximate surface area is 192 Å². The van der Waals surface area contributed by atoms with Crippen molar-refractivity contribution in [1.82, 2.24) is 10.3 Å². The Bertz CT molecular complexity index is 1260. The summed E-state index contributed by atoms with van der Waals surface area (Å²) in [6.45, 7) is 2.23. The highest BCUT2D eigenvalue weighted by Gasteiger charge is 2.21. The van der Waals surface area contributed by atoms with Crippen molar-refractivity contribution in [2.75, 3.05) is 5.32 Å². The SMILES string of the molecule is CCC(Oc1ccc2ccccc2c1)C(=O)Nc1ccccc1C(=O)NCc1cccnc1. The minimum absolute atomic E-state index is 0.279. The van der Waals surface area contributed by atoms with Crippen molar-refractivity contribution in [1.29, 1.82) is 0 Å². The van der Waals surface area contributed by atoms with E-state index in [2.05, 4.69) is 15.6 Å². The fourth-order valence-electron chi connectivity index (χ4n) is 3.51. The summed E-state index contributed by atoms with van der Waals surface area (Å²) in [6.07, 6.45) is 3.16. The van der Waals surface area contributed by atoms with Gasteiger partial charge in [-0.3, -0.25) is 14.6 Å². The number of nitrogens with zero attached hydrogens (tertiary/aromatic N) is 1. The second-order valence-electron chi connectivity index (χ2n) is 7.60. The highest BCUT2D eigenvalue weighted by molar-refractivity contribution is 6.04. The molecule has 3 aromatic carbocycles. The Kier molecular flexibility index (Phi) is 6.95. The number of amides is 2. The van der Waals surface area contributed by atoms with E-state index in [0.29, 0.717) is 30.0 Å². The van der Waals surface area contributed by atoms with Gasteiger partial charge in [0.25, 0.3) is 11.8 Å². The number of hydrogen-bond donors (Lipinski definition) is 2. The summed E-state index contributed by atoms with van der Waals surface area (Å²) in [6, 6.07) is 24.4. The van der Waals surface area contributed by atoms with Gasteiger partial charge in [-0.2, -0.15) is 0 Å². The predicted octanol–water partition coefficient (Wildman–Crippen LogP) is 4.96. The molecule has 0 bridgehead atoms. The zero-order valence-electron chi connectivity index (χ0n) is 18.3. The van der Waals surface area contributed by atoms with E-state index >= 15 is 0 Å². The van der Waals surface area contributed by atoms with Crippen LogP contribution in [0.2, 0.25) is 0 Å². The molecule has 0 aliphatic rings. The maximum absolute atomic E-state index is 13.0. The molecule has 0 fully saturated rings. The molecule has 6 heteroatoms. The Morgan fingerprint density at radius 2 is 1.73 bits per heavy atom. The molecule has 33 heavy (non-hydrogen) atoms. The van der Waals surface area contributed by atoms with Crippen LogP contribution in [-0.4, -0.2) is 22.9 Å². The van der Waals surface area contributed by atoms with E-state index in [-0.39, 0.29) is 11.8 Å². The minimum atomic E-state index is -0.697. The minimum Gasteiger partial charge on any atom is -0.481 e. The van der Waals surface area contributed by atoms with Gasteiger partial charge in [0.15, 0.2) is 6.10 Å². The van der Waals surface area contributed by atoms with Crippen LogP contribution in [0, 0.1) is 0 Å². The second kappa shape index (κ2) is 10.4. The molecular weight excluding hydrogens is 414 g/mol. The van der Waals surface area contributed by atoms with Gasteiger partial charge in [0.2, 0.25) is 0 Å². The first-order valence-electron chi connectivity index (χ1n) is 10.9. The number of ether oxygens (including phenoxy) is 1. The maximum atomic E-state index is 13.0. The summed E-state index contributed by atoms with van der Waals surface area (Å²) < 4.78 is 5.99. The molecular formula is C27H25N3O3. The van der Waals surface area contributed by atoms with E-state index < -0.39 is 6.10 Å². The van der Waals surface area contributed by atoms with Gasteiger partial charge < -0.3 is 15.4 Å². The number of carbonyl (C=O) groups is 2. The number of pyridine rings is 1. The number of aromatic nitrogens is 1. The van der Waals surface area contributed by atoms with Gasteiger partial charge in [-0.1, -0.05) is 55.5 Å². The second-order valence-corrected chi connectivity index (χ2v) is 7.60. The number of fused-ring (bicyclic) bond motifs is 1. The van der Waals surface area contributed by atoms with Crippen LogP contribution < -0.4 is 15.4 Å². The number of anilines is 1. The quantitative estimate of drug-likeness (QED) is 0.407. The van der Waals surface area contributed by atoms with Crippen LogP contribution in [0.15, 0.2) is 91.3 Å². The van der Waals surface area contributed by atoms with Crippen LogP contribution in [-0.2, 0) is 11.3 Å². The van der Waals surface area contributed by atoms with Crippen molar-refractivity contribution in [2.45, 2.75) is 26.0 Å². The molecule has 4 rings (SSSR count). The third kappa shape index (κ3) is 5.54. The molecule has 1 heterocycles. The number of nitrogens with one attached hydrogen (secondary N) is 2. The van der Waals surface area contributed by atoms with Crippen molar-refractivity contribution in [2.24, 2.45) is 0 Å². The lowest BCUT2D eigenvalue weighted by Crippen LogP contribution is -2.33. The standard InChI is InChI=1S/C27H25N3O3/c1-2-25(33-22-14-13-20-9-3-4-10-21(20)16-22)27(32)30-24-12-6-5-11-23(24)26(31)29-18-19-8-7-15-28-17-19/h3-17,25H,2,18H2,1H3,(H,29,31)(H,30,32). The number of carbonyl (C=O) groups excluding carboxylic acids is 2. The first kappa shape index (κ1) is 22.0. The smallest absolute Gasteiger partial charge is 0.265 e. The summed E-state index contributed by atoms with van der Waals surface area (Å²) in [5.41, 5.74) is 1.71. The van der Waals surface area contributed by atoms with Crippen LogP contribution in [0.25, 0.3) is 10.8 Å². The van der Waals surface area contributed by atoms with E-state index in [1.54, 1.807) is 36.7 Å². The Morgan fingerprint density at radius 1 is 0.939 bits per heavy atom. The van der Waals surface area contributed by atoms with E-state index in [9.17, 15) is 9.59 Å². The summed E-state index contributed by atoms with van der Waals surface area (Å²) in [4.78, 5) is 29.8. The van der Waals surface area contributed by atoms with Gasteiger partial charge >= 0.3 is 0 Å². The van der Waals surface area contributed by atoms with Gasteiger partial charge in [-0.15, -0.1) is 0 Å². The zero-order chi connectivity index (χ0) is 23.0. The highest BCUT2D eigenvalue weighted by Crippen LogP contribution is 2.23. The maximum Gasteiger partial charge on any atom is 0.265 e. The molecule has 0 aliphatic heterocycles. The molecule has 0 spiro atoms. The average Bonchev–Trinajstić information content (AvgIpc) is 2.86. The van der Waals surface area contributed by atoms with E-state index in [1.165, 1.54) is 0 Å². The molecule has 0 aliphatic carbocycles. The Balaban J connectivity index is 1.44. The summed E-state index contributed by atoms with van der Waals surface area (Å²) >= 11 is 0. The van der Waals surface area contributed by atoms with Crippen LogP contribution in [0.4, 0.5) is 5.69 Å². The molecule has 2 N–H and O–H groups in total. The van der Waals surface area contributed by atoms with Crippen molar-refractivity contribution in [3.63, 3.8) is 0 Å². The molecule has 0 saturated heterocycles. The molecule has 6 nitrogen and oxygen atoms in total. The molecule has 1 unspecified atom stereocenters. The Morgan fingerprint density at radius 3 is 2.52 bits per heavy atom. The van der Waals surface area contributed by atoms with Gasteiger partial charge in [0, 0.05) is 18.9 Å². The molecule has 4 aromatic rings. The zero-order valence-corrected chi connectivity index (χ0v) is 18.3. The van der Waals surface area contributed by atoms with Crippen molar-refractivity contribution >= 4 is 28.3 Å². The average molecular weight is 440 g/mol. The summed E-state index contributed by atoms with van der Waals surface area (Å²) in [7, 11) is 0. The normalized spacial score (nSPS) is 11.5. The summed E-state index contributed by atoms with van der Waals surface area (Å²) in [5, 5.41) is 7.88. The van der Waals surface area contributed by atoms with E-state index in [4.69, 9.17) is 4.74 Å². The molecule has 0 saturated carbocycles. The Hall–Kier alpha value is -4.19. The van der Waals surface area contributed by atoms with Crippen molar-refractivity contribution in [3.05, 3.63) is 102 Å². The third-order valence-corrected chi connectivity index (χ3v) is 5.27. The van der Waals surface area contributed by atoms with Crippen LogP contribution in [0.3, 0.4) is 0 Å². The number of rotatable bonds is 8. The molecule has 2 amide bonds. The number of para-hydroxylation sites is 1. The molecule has 0 radical (unpaired) electrons. The lowest BCUT2D eigenvalue weighted by atomic mass is 10.1. The van der Waals surface area contributed by atoms with Crippen molar-refractivity contribution < 1.29 is 14.3 Å². The van der Waals surface area contributed by atoms with E-state index in [0.717, 1.165) is 16.3 Å². The van der Waals surface area contributed by atoms with Crippen LogP contribution in [0.1, 0.15) is 29.3 Å².